The molecule has 4 nitrogen and oxygen atoms in total. The largest absolute Gasteiger partial charge is 0.456 e. The summed E-state index contributed by atoms with van der Waals surface area (Å²) in [6, 6.07) is 9.60. The standard InChI is InChI=1S/C24H32O4/c1-16(2)18-12-13-23(3)20(14-18)24(4,15-19(25)22(23)27)28-21(26)11-10-17-8-6-5-7-9-17/h5-12,16,19-20,22,25,27H,13-15H2,1-4H3/b11-10+/t19-,20+,22+,23+,24-/m0/s1. The van der Waals surface area contributed by atoms with Crippen LogP contribution in [0.3, 0.4) is 0 Å². The van der Waals surface area contributed by atoms with Crippen LogP contribution >= 0.6 is 0 Å². The third-order valence-corrected chi connectivity index (χ3v) is 6.72. The predicted octanol–water partition coefficient (Wildman–Crippen LogP) is 4.13. The Morgan fingerprint density at radius 2 is 1.89 bits per heavy atom. The molecule has 2 N–H and O–H groups in total. The van der Waals surface area contributed by atoms with E-state index >= 15 is 0 Å². The molecule has 0 bridgehead atoms. The van der Waals surface area contributed by atoms with Crippen molar-refractivity contribution < 1.29 is 19.7 Å². The zero-order valence-corrected chi connectivity index (χ0v) is 17.3. The molecule has 1 aromatic rings. The summed E-state index contributed by atoms with van der Waals surface area (Å²) in [6.07, 6.45) is 5.32. The monoisotopic (exact) mass is 384 g/mol. The van der Waals surface area contributed by atoms with Crippen LogP contribution in [0.2, 0.25) is 0 Å². The lowest BCUT2D eigenvalue weighted by atomic mass is 9.53. The van der Waals surface area contributed by atoms with Gasteiger partial charge in [-0.1, -0.05) is 62.8 Å². The average molecular weight is 385 g/mol. The Labute approximate surface area is 167 Å². The molecule has 3 rings (SSSR count). The summed E-state index contributed by atoms with van der Waals surface area (Å²) in [7, 11) is 0. The fraction of sp³-hybridized carbons (Fsp3) is 0.542. The normalized spacial score (nSPS) is 35.5. The maximum absolute atomic E-state index is 12.6. The minimum absolute atomic E-state index is 0.0464. The molecule has 0 heterocycles. The summed E-state index contributed by atoms with van der Waals surface area (Å²) >= 11 is 0. The first-order chi connectivity index (χ1) is 13.2. The zero-order chi connectivity index (χ0) is 20.5. The highest BCUT2D eigenvalue weighted by atomic mass is 16.6. The van der Waals surface area contributed by atoms with E-state index in [1.165, 1.54) is 11.6 Å². The first-order valence-corrected chi connectivity index (χ1v) is 10.2. The van der Waals surface area contributed by atoms with Crippen molar-refractivity contribution in [1.82, 2.24) is 0 Å². The van der Waals surface area contributed by atoms with Crippen molar-refractivity contribution in [2.45, 2.75) is 64.8 Å². The van der Waals surface area contributed by atoms with Gasteiger partial charge in [-0.2, -0.15) is 0 Å². The molecular formula is C24H32O4. The molecule has 0 saturated heterocycles. The van der Waals surface area contributed by atoms with Crippen LogP contribution < -0.4 is 0 Å². The van der Waals surface area contributed by atoms with Crippen LogP contribution in [0.15, 0.2) is 48.1 Å². The number of esters is 1. The van der Waals surface area contributed by atoms with E-state index in [9.17, 15) is 15.0 Å². The van der Waals surface area contributed by atoms with Gasteiger partial charge in [-0.25, -0.2) is 4.79 Å². The smallest absolute Gasteiger partial charge is 0.331 e. The van der Waals surface area contributed by atoms with Gasteiger partial charge >= 0.3 is 5.97 Å². The summed E-state index contributed by atoms with van der Waals surface area (Å²) in [5.41, 5.74) is 0.901. The number of allylic oxidation sites excluding steroid dienone is 2. The van der Waals surface area contributed by atoms with E-state index in [1.807, 2.05) is 44.2 Å². The van der Waals surface area contributed by atoms with Crippen LogP contribution in [0.1, 0.15) is 52.5 Å². The molecule has 4 heteroatoms. The van der Waals surface area contributed by atoms with Crippen molar-refractivity contribution in [2.24, 2.45) is 17.3 Å². The average Bonchev–Trinajstić information content (AvgIpc) is 2.65. The van der Waals surface area contributed by atoms with Crippen molar-refractivity contribution in [3.8, 4) is 0 Å². The minimum Gasteiger partial charge on any atom is -0.456 e. The van der Waals surface area contributed by atoms with E-state index in [0.29, 0.717) is 12.3 Å². The van der Waals surface area contributed by atoms with Crippen LogP contribution in [-0.2, 0) is 9.53 Å². The number of aliphatic hydroxyl groups excluding tert-OH is 2. The highest BCUT2D eigenvalue weighted by Crippen LogP contribution is 2.55. The number of fused-ring (bicyclic) bond motifs is 1. The van der Waals surface area contributed by atoms with Crippen molar-refractivity contribution in [3.63, 3.8) is 0 Å². The Morgan fingerprint density at radius 1 is 1.21 bits per heavy atom. The number of hydrogen-bond acceptors (Lipinski definition) is 4. The number of rotatable bonds is 4. The maximum Gasteiger partial charge on any atom is 0.331 e. The van der Waals surface area contributed by atoms with E-state index in [0.717, 1.165) is 12.0 Å². The number of aliphatic hydroxyl groups is 2. The van der Waals surface area contributed by atoms with E-state index in [-0.39, 0.29) is 12.3 Å². The number of ether oxygens (including phenoxy) is 1. The molecule has 0 aliphatic heterocycles. The second-order valence-electron chi connectivity index (χ2n) is 9.09. The Kier molecular flexibility index (Phi) is 5.83. The van der Waals surface area contributed by atoms with Crippen molar-refractivity contribution in [1.29, 1.82) is 0 Å². The third kappa shape index (κ3) is 3.94. The third-order valence-electron chi connectivity index (χ3n) is 6.72. The first-order valence-electron chi connectivity index (χ1n) is 10.2. The SMILES string of the molecule is CC(C)C1=CC[C@@]2(C)[C@H](O)[C@@H](O)C[C@](C)(OC(=O)/C=C/c3ccccc3)[C@@H]2C1. The minimum atomic E-state index is -0.911. The van der Waals surface area contributed by atoms with Crippen LogP contribution in [0.5, 0.6) is 0 Å². The zero-order valence-electron chi connectivity index (χ0n) is 17.3. The molecule has 2 aliphatic rings. The fourth-order valence-corrected chi connectivity index (χ4v) is 4.97. The molecule has 1 saturated carbocycles. The van der Waals surface area contributed by atoms with Gasteiger partial charge in [-0.05, 0) is 37.3 Å². The lowest BCUT2D eigenvalue weighted by molar-refractivity contribution is -0.215. The molecule has 0 unspecified atom stereocenters. The fourth-order valence-electron chi connectivity index (χ4n) is 4.97. The van der Waals surface area contributed by atoms with Crippen molar-refractivity contribution in [2.75, 3.05) is 0 Å². The number of carbonyl (C=O) groups excluding carboxylic acids is 1. The van der Waals surface area contributed by atoms with Gasteiger partial charge in [-0.3, -0.25) is 0 Å². The molecular weight excluding hydrogens is 352 g/mol. The summed E-state index contributed by atoms with van der Waals surface area (Å²) in [5.74, 6) is -0.0562. The Bertz CT molecular complexity index is 766. The first kappa shape index (κ1) is 20.8. The lowest BCUT2D eigenvalue weighted by Gasteiger charge is -2.57. The van der Waals surface area contributed by atoms with E-state index in [1.54, 1.807) is 6.08 Å². The van der Waals surface area contributed by atoms with Crippen LogP contribution in [0, 0.1) is 17.3 Å². The number of hydrogen-bond donors (Lipinski definition) is 2. The molecule has 152 valence electrons. The van der Waals surface area contributed by atoms with Gasteiger partial charge in [0.25, 0.3) is 0 Å². The van der Waals surface area contributed by atoms with E-state index < -0.39 is 29.2 Å². The van der Waals surface area contributed by atoms with Gasteiger partial charge in [0.15, 0.2) is 0 Å². The number of benzene rings is 1. The topological polar surface area (TPSA) is 66.8 Å². The van der Waals surface area contributed by atoms with E-state index in [2.05, 4.69) is 19.9 Å². The Morgan fingerprint density at radius 3 is 2.54 bits per heavy atom. The summed E-state index contributed by atoms with van der Waals surface area (Å²) in [4.78, 5) is 12.6. The predicted molar refractivity (Wildman–Crippen MR) is 110 cm³/mol. The van der Waals surface area contributed by atoms with Gasteiger partial charge in [0.1, 0.15) is 5.60 Å². The molecule has 0 aromatic heterocycles. The van der Waals surface area contributed by atoms with Crippen LogP contribution in [-0.4, -0.2) is 34.0 Å². The van der Waals surface area contributed by atoms with Gasteiger partial charge in [0.2, 0.25) is 0 Å². The Balaban J connectivity index is 1.84. The van der Waals surface area contributed by atoms with Gasteiger partial charge < -0.3 is 14.9 Å². The summed E-state index contributed by atoms with van der Waals surface area (Å²) in [5, 5.41) is 21.3. The quantitative estimate of drug-likeness (QED) is 0.465. The molecule has 5 atom stereocenters. The van der Waals surface area contributed by atoms with Gasteiger partial charge in [0, 0.05) is 23.8 Å². The van der Waals surface area contributed by atoms with Crippen molar-refractivity contribution in [3.05, 3.63) is 53.6 Å². The van der Waals surface area contributed by atoms with Crippen LogP contribution in [0.25, 0.3) is 6.08 Å². The second-order valence-corrected chi connectivity index (χ2v) is 9.09. The second kappa shape index (κ2) is 7.84. The van der Waals surface area contributed by atoms with Crippen LogP contribution in [0.4, 0.5) is 0 Å². The summed E-state index contributed by atoms with van der Waals surface area (Å²) in [6.45, 7) is 8.23. The molecule has 0 amide bonds. The lowest BCUT2D eigenvalue weighted by Crippen LogP contribution is -2.62. The molecule has 2 aliphatic carbocycles. The van der Waals surface area contributed by atoms with Gasteiger partial charge in [-0.15, -0.1) is 0 Å². The van der Waals surface area contributed by atoms with Gasteiger partial charge in [0.05, 0.1) is 12.2 Å². The molecule has 1 fully saturated rings. The maximum atomic E-state index is 12.6. The summed E-state index contributed by atoms with van der Waals surface area (Å²) < 4.78 is 5.96. The molecule has 1 aromatic carbocycles. The van der Waals surface area contributed by atoms with E-state index in [4.69, 9.17) is 4.74 Å². The highest BCUT2D eigenvalue weighted by molar-refractivity contribution is 5.87. The molecule has 0 radical (unpaired) electrons. The Hall–Kier alpha value is -1.91. The molecule has 28 heavy (non-hydrogen) atoms. The highest BCUT2D eigenvalue weighted by Gasteiger charge is 2.59. The number of carbonyl (C=O) groups is 1. The van der Waals surface area contributed by atoms with Crippen molar-refractivity contribution >= 4 is 12.0 Å². The molecule has 0 spiro atoms.